The number of ether oxygens (including phenoxy) is 2. The minimum absolute atomic E-state index is 0.295. The molecule has 0 fully saturated rings. The molecule has 144 valence electrons. The number of hydrogen-bond donors (Lipinski definition) is 0. The van der Waals surface area contributed by atoms with E-state index in [1.54, 1.807) is 36.4 Å². The highest BCUT2D eigenvalue weighted by Crippen LogP contribution is 2.37. The average Bonchev–Trinajstić information content (AvgIpc) is 2.67. The first-order valence-electron chi connectivity index (χ1n) is 8.48. The van der Waals surface area contributed by atoms with Crippen molar-refractivity contribution >= 4 is 70.5 Å². The second-order valence-corrected chi connectivity index (χ2v) is 8.56. The van der Waals surface area contributed by atoms with Crippen molar-refractivity contribution in [3.63, 3.8) is 0 Å². The number of carbonyl (C=O) groups excluding carboxylic acids is 2. The summed E-state index contributed by atoms with van der Waals surface area (Å²) in [5.41, 5.74) is 0.635. The normalized spacial score (nSPS) is 10.7. The third-order valence-electron chi connectivity index (χ3n) is 3.94. The van der Waals surface area contributed by atoms with E-state index in [2.05, 4.69) is 47.8 Å². The van der Waals surface area contributed by atoms with Gasteiger partial charge < -0.3 is 9.47 Å². The Hall–Kier alpha value is -1.70. The highest BCUT2D eigenvalue weighted by Gasteiger charge is 2.21. The van der Waals surface area contributed by atoms with Crippen LogP contribution in [0.5, 0.6) is 5.75 Å². The summed E-state index contributed by atoms with van der Waals surface area (Å²) in [6.45, 7) is 2.24. The molecule has 0 aliphatic rings. The molecule has 0 amide bonds. The Labute approximate surface area is 187 Å². The van der Waals surface area contributed by atoms with E-state index < -0.39 is 11.9 Å². The Morgan fingerprint density at radius 2 is 1.46 bits per heavy atom. The van der Waals surface area contributed by atoms with Gasteiger partial charge in [0.25, 0.3) is 0 Å². The van der Waals surface area contributed by atoms with Crippen LogP contribution in [0, 0.1) is 0 Å². The van der Waals surface area contributed by atoms with Gasteiger partial charge in [0, 0.05) is 9.86 Å². The van der Waals surface area contributed by atoms with Crippen LogP contribution in [0.4, 0.5) is 0 Å². The quantitative estimate of drug-likeness (QED) is 0.247. The second-order valence-electron chi connectivity index (χ2n) is 5.93. The number of fused-ring (bicyclic) bond motifs is 1. The Balaban J connectivity index is 2.06. The highest BCUT2D eigenvalue weighted by molar-refractivity contribution is 9.11. The second kappa shape index (κ2) is 9.20. The summed E-state index contributed by atoms with van der Waals surface area (Å²) < 4.78 is 13.0. The number of rotatable bonds is 5. The van der Waals surface area contributed by atoms with Crippen LogP contribution < -0.4 is 4.74 Å². The van der Waals surface area contributed by atoms with Crippen molar-refractivity contribution in [3.8, 4) is 5.75 Å². The summed E-state index contributed by atoms with van der Waals surface area (Å²) in [5.74, 6) is -0.667. The number of carbonyl (C=O) groups is 2. The summed E-state index contributed by atoms with van der Waals surface area (Å²) >= 11 is 10.2. The molecule has 3 aromatic carbocycles. The van der Waals surface area contributed by atoms with E-state index in [4.69, 9.17) is 9.47 Å². The predicted molar refractivity (Wildman–Crippen MR) is 119 cm³/mol. The van der Waals surface area contributed by atoms with Gasteiger partial charge in [0.1, 0.15) is 0 Å². The minimum atomic E-state index is -0.565. The van der Waals surface area contributed by atoms with Crippen LogP contribution in [-0.4, -0.2) is 18.5 Å². The maximum Gasteiger partial charge on any atom is 0.344 e. The lowest BCUT2D eigenvalue weighted by Gasteiger charge is -2.13. The fourth-order valence-electron chi connectivity index (χ4n) is 2.73. The van der Waals surface area contributed by atoms with E-state index in [0.717, 1.165) is 16.3 Å². The summed E-state index contributed by atoms with van der Waals surface area (Å²) in [4.78, 5) is 25.5. The van der Waals surface area contributed by atoms with Crippen LogP contribution in [0.2, 0.25) is 0 Å². The molecule has 3 aromatic rings. The zero-order chi connectivity index (χ0) is 20.3. The van der Waals surface area contributed by atoms with E-state index in [1.165, 1.54) is 0 Å². The van der Waals surface area contributed by atoms with Gasteiger partial charge in [0.2, 0.25) is 0 Å². The van der Waals surface area contributed by atoms with E-state index in [-0.39, 0.29) is 0 Å². The SMILES string of the molecule is CCCOC(=O)c1cccc2cccc(C(=O)Oc3c(Br)cc(Br)cc3Br)c12. The van der Waals surface area contributed by atoms with E-state index in [0.29, 0.717) is 37.8 Å². The molecule has 0 aliphatic carbocycles. The van der Waals surface area contributed by atoms with Crippen molar-refractivity contribution in [1.29, 1.82) is 0 Å². The first-order valence-corrected chi connectivity index (χ1v) is 10.9. The fourth-order valence-corrected chi connectivity index (χ4v) is 5.15. The van der Waals surface area contributed by atoms with Gasteiger partial charge in [-0.2, -0.15) is 0 Å². The summed E-state index contributed by atoms with van der Waals surface area (Å²) in [6.07, 6.45) is 0.719. The average molecular weight is 571 g/mol. The predicted octanol–water partition coefficient (Wildman–Crippen LogP) is 6.91. The van der Waals surface area contributed by atoms with E-state index in [9.17, 15) is 9.59 Å². The molecule has 7 heteroatoms. The van der Waals surface area contributed by atoms with Gasteiger partial charge in [0.15, 0.2) is 5.75 Å². The minimum Gasteiger partial charge on any atom is -0.462 e. The molecule has 3 rings (SSSR count). The summed E-state index contributed by atoms with van der Waals surface area (Å²) in [5, 5.41) is 1.27. The third-order valence-corrected chi connectivity index (χ3v) is 5.58. The molecule has 0 heterocycles. The van der Waals surface area contributed by atoms with Crippen molar-refractivity contribution in [2.75, 3.05) is 6.61 Å². The largest absolute Gasteiger partial charge is 0.462 e. The van der Waals surface area contributed by atoms with Gasteiger partial charge in [-0.25, -0.2) is 9.59 Å². The maximum absolute atomic E-state index is 13.0. The molecule has 0 saturated carbocycles. The molecule has 0 radical (unpaired) electrons. The molecule has 0 saturated heterocycles. The van der Waals surface area contributed by atoms with Crippen LogP contribution in [0.1, 0.15) is 34.1 Å². The lowest BCUT2D eigenvalue weighted by Crippen LogP contribution is -2.13. The summed E-state index contributed by atoms with van der Waals surface area (Å²) in [6, 6.07) is 14.1. The van der Waals surface area contributed by atoms with Crippen LogP contribution in [0.15, 0.2) is 61.9 Å². The lowest BCUT2D eigenvalue weighted by atomic mass is 9.99. The van der Waals surface area contributed by atoms with Crippen LogP contribution in [0.3, 0.4) is 0 Å². The van der Waals surface area contributed by atoms with Gasteiger partial charge >= 0.3 is 11.9 Å². The highest BCUT2D eigenvalue weighted by atomic mass is 79.9. The first-order chi connectivity index (χ1) is 13.4. The third kappa shape index (κ3) is 4.47. The number of halogens is 3. The molecule has 0 spiro atoms. The molecule has 4 nitrogen and oxygen atoms in total. The Morgan fingerprint density at radius 3 is 2.04 bits per heavy atom. The molecule has 0 N–H and O–H groups in total. The van der Waals surface area contributed by atoms with E-state index in [1.807, 2.05) is 19.1 Å². The zero-order valence-electron chi connectivity index (χ0n) is 14.8. The molecular weight excluding hydrogens is 556 g/mol. The van der Waals surface area contributed by atoms with Gasteiger partial charge in [-0.3, -0.25) is 0 Å². The van der Waals surface area contributed by atoms with Crippen molar-refractivity contribution in [3.05, 3.63) is 73.1 Å². The maximum atomic E-state index is 13.0. The molecule has 0 unspecified atom stereocenters. The molecule has 0 aliphatic heterocycles. The zero-order valence-corrected chi connectivity index (χ0v) is 19.6. The molecule has 0 atom stereocenters. The first kappa shape index (κ1) is 21.0. The molecule has 28 heavy (non-hydrogen) atoms. The molecular formula is C21H15Br3O4. The number of benzene rings is 3. The van der Waals surface area contributed by atoms with Crippen LogP contribution in [0.25, 0.3) is 10.8 Å². The lowest BCUT2D eigenvalue weighted by molar-refractivity contribution is 0.0507. The van der Waals surface area contributed by atoms with E-state index >= 15 is 0 Å². The van der Waals surface area contributed by atoms with Crippen LogP contribution >= 0.6 is 47.8 Å². The number of hydrogen-bond acceptors (Lipinski definition) is 4. The van der Waals surface area contributed by atoms with Gasteiger partial charge in [0.05, 0.1) is 26.7 Å². The van der Waals surface area contributed by atoms with Gasteiger partial charge in [-0.15, -0.1) is 0 Å². The van der Waals surface area contributed by atoms with Crippen molar-refractivity contribution in [2.24, 2.45) is 0 Å². The Morgan fingerprint density at radius 1 is 0.893 bits per heavy atom. The Bertz CT molecular complexity index is 1030. The fraction of sp³-hybridized carbons (Fsp3) is 0.143. The molecule has 0 bridgehead atoms. The van der Waals surface area contributed by atoms with Gasteiger partial charge in [-0.1, -0.05) is 47.1 Å². The summed E-state index contributed by atoms with van der Waals surface area (Å²) in [7, 11) is 0. The van der Waals surface area contributed by atoms with Crippen molar-refractivity contribution in [1.82, 2.24) is 0 Å². The smallest absolute Gasteiger partial charge is 0.344 e. The topological polar surface area (TPSA) is 52.6 Å². The van der Waals surface area contributed by atoms with Crippen molar-refractivity contribution in [2.45, 2.75) is 13.3 Å². The van der Waals surface area contributed by atoms with Gasteiger partial charge in [-0.05, 0) is 67.9 Å². The molecule has 0 aromatic heterocycles. The standard InChI is InChI=1S/C21H15Br3O4/c1-2-9-27-20(25)14-7-3-5-12-6-4-8-15(18(12)14)21(26)28-19-16(23)10-13(22)11-17(19)24/h3-8,10-11H,2,9H2,1H3. The van der Waals surface area contributed by atoms with Crippen LogP contribution in [-0.2, 0) is 4.74 Å². The monoisotopic (exact) mass is 568 g/mol. The Kier molecular flexibility index (Phi) is 6.91. The van der Waals surface area contributed by atoms with Crippen molar-refractivity contribution < 1.29 is 19.1 Å². The number of esters is 2.